The number of nitrogens with one attached hydrogen (secondary N) is 3. The van der Waals surface area contributed by atoms with Crippen LogP contribution in [0, 0.1) is 0 Å². The summed E-state index contributed by atoms with van der Waals surface area (Å²) < 4.78 is 10.3. The molecule has 0 saturated carbocycles. The molecule has 0 saturated heterocycles. The monoisotopic (exact) mass is 385 g/mol. The molecule has 0 bridgehead atoms. The van der Waals surface area contributed by atoms with Gasteiger partial charge in [0.1, 0.15) is 0 Å². The fourth-order valence-corrected chi connectivity index (χ4v) is 2.24. The lowest BCUT2D eigenvalue weighted by Gasteiger charge is -2.11. The second-order valence-corrected chi connectivity index (χ2v) is 5.62. The smallest absolute Gasteiger partial charge is 0.269 e. The Hall–Kier alpha value is -3.39. The quantitative estimate of drug-likeness (QED) is 0.415. The molecule has 27 heavy (non-hydrogen) atoms. The zero-order valence-electron chi connectivity index (χ0n) is 14.8. The summed E-state index contributed by atoms with van der Waals surface area (Å²) in [5.74, 6) is 0.0613. The van der Waals surface area contributed by atoms with Gasteiger partial charge in [0.25, 0.3) is 5.91 Å². The highest BCUT2D eigenvalue weighted by molar-refractivity contribution is 7.80. The number of carbonyl (C=O) groups excluding carboxylic acids is 2. The topological polar surface area (TPSA) is 88.7 Å². The zero-order valence-corrected chi connectivity index (χ0v) is 15.6. The maximum absolute atomic E-state index is 12.2. The summed E-state index contributed by atoms with van der Waals surface area (Å²) in [5.41, 5.74) is 6.09. The molecule has 2 amide bonds. The number of hydrogen-bond donors (Lipinski definition) is 3. The van der Waals surface area contributed by atoms with Crippen LogP contribution in [0.15, 0.2) is 54.6 Å². The minimum absolute atomic E-state index is 0.0356. The number of amides is 2. The molecule has 0 spiro atoms. The first-order valence-electron chi connectivity index (χ1n) is 7.90. The van der Waals surface area contributed by atoms with E-state index in [0.717, 1.165) is 5.56 Å². The van der Waals surface area contributed by atoms with Gasteiger partial charge in [-0.1, -0.05) is 30.3 Å². The van der Waals surface area contributed by atoms with E-state index in [2.05, 4.69) is 16.2 Å². The number of ether oxygens (including phenoxy) is 2. The third-order valence-corrected chi connectivity index (χ3v) is 3.60. The van der Waals surface area contributed by atoms with Crippen LogP contribution in [0.25, 0.3) is 6.08 Å². The molecule has 0 unspecified atom stereocenters. The highest BCUT2D eigenvalue weighted by Crippen LogP contribution is 2.27. The molecule has 8 heteroatoms. The Morgan fingerprint density at radius 1 is 0.963 bits per heavy atom. The zero-order chi connectivity index (χ0) is 19.6. The van der Waals surface area contributed by atoms with Crippen LogP contribution in [0.4, 0.5) is 0 Å². The predicted octanol–water partition coefficient (Wildman–Crippen LogP) is 2.05. The number of benzene rings is 2. The van der Waals surface area contributed by atoms with E-state index in [-0.39, 0.29) is 5.11 Å². The van der Waals surface area contributed by atoms with E-state index in [0.29, 0.717) is 17.1 Å². The first kappa shape index (κ1) is 19.9. The van der Waals surface area contributed by atoms with E-state index in [4.69, 9.17) is 21.7 Å². The summed E-state index contributed by atoms with van der Waals surface area (Å²) in [6, 6.07) is 14.1. The Morgan fingerprint density at radius 3 is 2.33 bits per heavy atom. The first-order valence-corrected chi connectivity index (χ1v) is 8.30. The molecule has 0 heterocycles. The van der Waals surface area contributed by atoms with Crippen LogP contribution >= 0.6 is 12.2 Å². The lowest BCUT2D eigenvalue weighted by molar-refractivity contribution is -0.115. The summed E-state index contributed by atoms with van der Waals surface area (Å²) in [5, 5.41) is 2.40. The van der Waals surface area contributed by atoms with Crippen molar-refractivity contribution in [3.05, 3.63) is 65.7 Å². The SMILES string of the molecule is COc1ccc(C(=O)NNC(=S)NC(=O)/C=C/c2ccccc2)cc1OC. The fraction of sp³-hybridized carbons (Fsp3) is 0.105. The normalized spacial score (nSPS) is 10.1. The van der Waals surface area contributed by atoms with Gasteiger partial charge in [0, 0.05) is 11.6 Å². The Balaban J connectivity index is 1.85. The molecule has 2 rings (SSSR count). The van der Waals surface area contributed by atoms with Gasteiger partial charge < -0.3 is 9.47 Å². The second-order valence-electron chi connectivity index (χ2n) is 5.21. The van der Waals surface area contributed by atoms with Crippen LogP contribution < -0.4 is 25.6 Å². The van der Waals surface area contributed by atoms with Crippen molar-refractivity contribution in [1.29, 1.82) is 0 Å². The van der Waals surface area contributed by atoms with Gasteiger partial charge in [0.15, 0.2) is 16.6 Å². The standard InChI is InChI=1S/C19H19N3O4S/c1-25-15-10-9-14(12-16(15)26-2)18(24)21-22-19(27)20-17(23)11-8-13-6-4-3-5-7-13/h3-12H,1-2H3,(H,21,24)(H2,20,22,23,27)/b11-8+. The van der Waals surface area contributed by atoms with Crippen molar-refractivity contribution in [3.8, 4) is 11.5 Å². The summed E-state index contributed by atoms with van der Waals surface area (Å²) in [4.78, 5) is 24.0. The van der Waals surface area contributed by atoms with Crippen LogP contribution in [-0.2, 0) is 4.79 Å². The molecular formula is C19H19N3O4S. The fourth-order valence-electron chi connectivity index (χ4n) is 2.08. The summed E-state index contributed by atoms with van der Waals surface area (Å²) in [6.45, 7) is 0. The van der Waals surface area contributed by atoms with Crippen molar-refractivity contribution in [2.45, 2.75) is 0 Å². The molecule has 0 aliphatic rings. The first-order chi connectivity index (χ1) is 13.0. The number of hydrogen-bond acceptors (Lipinski definition) is 5. The van der Waals surface area contributed by atoms with Gasteiger partial charge in [-0.05, 0) is 42.1 Å². The number of methoxy groups -OCH3 is 2. The van der Waals surface area contributed by atoms with Crippen molar-refractivity contribution in [2.24, 2.45) is 0 Å². The molecule has 0 aromatic heterocycles. The van der Waals surface area contributed by atoms with Crippen molar-refractivity contribution in [3.63, 3.8) is 0 Å². The van der Waals surface area contributed by atoms with Gasteiger partial charge >= 0.3 is 0 Å². The third-order valence-electron chi connectivity index (χ3n) is 3.40. The highest BCUT2D eigenvalue weighted by Gasteiger charge is 2.11. The maximum atomic E-state index is 12.2. The molecular weight excluding hydrogens is 366 g/mol. The van der Waals surface area contributed by atoms with Crippen LogP contribution in [0.3, 0.4) is 0 Å². The lowest BCUT2D eigenvalue weighted by atomic mass is 10.2. The predicted molar refractivity (Wildman–Crippen MR) is 106 cm³/mol. The molecule has 0 aliphatic carbocycles. The Labute approximate surface area is 162 Å². The Kier molecular flexibility index (Phi) is 7.33. The number of thiocarbonyl (C=S) groups is 1. The van der Waals surface area contributed by atoms with Gasteiger partial charge in [-0.2, -0.15) is 0 Å². The minimum atomic E-state index is -0.452. The van der Waals surface area contributed by atoms with E-state index in [1.165, 1.54) is 26.4 Å². The minimum Gasteiger partial charge on any atom is -0.493 e. The number of rotatable bonds is 5. The Morgan fingerprint density at radius 2 is 1.67 bits per heavy atom. The molecule has 140 valence electrons. The van der Waals surface area contributed by atoms with E-state index in [1.807, 2.05) is 30.3 Å². The largest absolute Gasteiger partial charge is 0.493 e. The summed E-state index contributed by atoms with van der Waals surface area (Å²) in [6.07, 6.45) is 3.00. The number of carbonyl (C=O) groups is 2. The van der Waals surface area contributed by atoms with Gasteiger partial charge in [0.05, 0.1) is 14.2 Å². The average Bonchev–Trinajstić information content (AvgIpc) is 2.70. The van der Waals surface area contributed by atoms with Crippen molar-refractivity contribution < 1.29 is 19.1 Å². The average molecular weight is 385 g/mol. The molecule has 2 aromatic carbocycles. The molecule has 0 fully saturated rings. The van der Waals surface area contributed by atoms with Crippen molar-refractivity contribution >= 4 is 35.2 Å². The van der Waals surface area contributed by atoms with Gasteiger partial charge in [-0.3, -0.25) is 25.8 Å². The molecule has 0 atom stereocenters. The van der Waals surface area contributed by atoms with Gasteiger partial charge in [0.2, 0.25) is 5.91 Å². The molecule has 0 radical (unpaired) electrons. The van der Waals surface area contributed by atoms with E-state index >= 15 is 0 Å². The van der Waals surface area contributed by atoms with Gasteiger partial charge in [-0.15, -0.1) is 0 Å². The lowest BCUT2D eigenvalue weighted by Crippen LogP contribution is -2.48. The Bertz CT molecular complexity index is 853. The molecule has 0 aliphatic heterocycles. The summed E-state index contributed by atoms with van der Waals surface area (Å²) >= 11 is 4.98. The molecule has 2 aromatic rings. The van der Waals surface area contributed by atoms with E-state index < -0.39 is 11.8 Å². The van der Waals surface area contributed by atoms with Crippen LogP contribution in [0.1, 0.15) is 15.9 Å². The second kappa shape index (κ2) is 9.93. The summed E-state index contributed by atoms with van der Waals surface area (Å²) in [7, 11) is 2.98. The van der Waals surface area contributed by atoms with Crippen LogP contribution in [0.5, 0.6) is 11.5 Å². The highest BCUT2D eigenvalue weighted by atomic mass is 32.1. The van der Waals surface area contributed by atoms with Crippen LogP contribution in [-0.4, -0.2) is 31.1 Å². The van der Waals surface area contributed by atoms with E-state index in [9.17, 15) is 9.59 Å². The molecule has 3 N–H and O–H groups in total. The van der Waals surface area contributed by atoms with E-state index in [1.54, 1.807) is 18.2 Å². The maximum Gasteiger partial charge on any atom is 0.269 e. The third kappa shape index (κ3) is 6.12. The molecule has 7 nitrogen and oxygen atoms in total. The number of hydrazine groups is 1. The van der Waals surface area contributed by atoms with Gasteiger partial charge in [-0.25, -0.2) is 0 Å². The van der Waals surface area contributed by atoms with Crippen LogP contribution in [0.2, 0.25) is 0 Å². The van der Waals surface area contributed by atoms with Crippen molar-refractivity contribution in [2.75, 3.05) is 14.2 Å². The van der Waals surface area contributed by atoms with Crippen molar-refractivity contribution in [1.82, 2.24) is 16.2 Å².